The maximum Gasteiger partial charge on any atom is 0.325 e. The van der Waals surface area contributed by atoms with Crippen LogP contribution in [0.5, 0.6) is 11.5 Å². The molecule has 5 aromatic rings. The first kappa shape index (κ1) is 32.0. The molecule has 9 rings (SSSR count). The Kier molecular flexibility index (Phi) is 7.29. The Labute approximate surface area is 299 Å². The molecule has 0 aliphatic heterocycles. The van der Waals surface area contributed by atoms with E-state index in [1.165, 1.54) is 58.7 Å². The van der Waals surface area contributed by atoms with Crippen LogP contribution >= 0.6 is 0 Å². The van der Waals surface area contributed by atoms with Crippen LogP contribution in [0.2, 0.25) is 0 Å². The standard InChI is InChI=1S/C42H36N2O8/c1-49-33(45)17-43-41(47)21-7-5-19-11-25-27(13-23(19)9-21)31-15-29(25)35-37(31)40(52-4)38-32-16-30(36(38)39(35)51-3)26-12-20-6-8-22(10-24(20)14-28(26)32)42(48)44-18-34(46)50-2/h5-14,29-32H,15-18H2,1-4H3,(H,43,47)(H,44,48)/t29-,30+,31+,32-. The van der Waals surface area contributed by atoms with E-state index in [1.807, 2.05) is 24.3 Å². The predicted molar refractivity (Wildman–Crippen MR) is 193 cm³/mol. The fraction of sp³-hybridized carbons (Fsp3) is 0.286. The van der Waals surface area contributed by atoms with Gasteiger partial charge in [-0.25, -0.2) is 0 Å². The summed E-state index contributed by atoms with van der Waals surface area (Å²) in [7, 11) is 6.12. The van der Waals surface area contributed by atoms with Crippen molar-refractivity contribution in [3.05, 3.63) is 116 Å². The minimum Gasteiger partial charge on any atom is -0.496 e. The topological polar surface area (TPSA) is 129 Å². The lowest BCUT2D eigenvalue weighted by Gasteiger charge is -2.31. The summed E-state index contributed by atoms with van der Waals surface area (Å²) in [5.74, 6) is 0.797. The van der Waals surface area contributed by atoms with Gasteiger partial charge >= 0.3 is 11.9 Å². The van der Waals surface area contributed by atoms with Crippen molar-refractivity contribution in [3.63, 3.8) is 0 Å². The number of ether oxygens (including phenoxy) is 4. The van der Waals surface area contributed by atoms with E-state index in [0.29, 0.717) is 11.1 Å². The second-order valence-corrected chi connectivity index (χ2v) is 14.0. The van der Waals surface area contributed by atoms with Crippen molar-refractivity contribution in [2.75, 3.05) is 41.5 Å². The Bertz CT molecular complexity index is 2270. The molecule has 0 saturated carbocycles. The van der Waals surface area contributed by atoms with E-state index in [9.17, 15) is 19.2 Å². The van der Waals surface area contributed by atoms with E-state index in [2.05, 4.69) is 44.4 Å². The number of carbonyl (C=O) groups is 4. The highest BCUT2D eigenvalue weighted by Crippen LogP contribution is 2.69. The number of esters is 2. The number of amides is 2. The van der Waals surface area contributed by atoms with Crippen LogP contribution in [0.3, 0.4) is 0 Å². The summed E-state index contributed by atoms with van der Waals surface area (Å²) in [4.78, 5) is 48.9. The number of hydrogen-bond acceptors (Lipinski definition) is 8. The zero-order valence-corrected chi connectivity index (χ0v) is 29.2. The molecule has 2 amide bonds. The van der Waals surface area contributed by atoms with Gasteiger partial charge in [-0.1, -0.05) is 36.4 Å². The summed E-state index contributed by atoms with van der Waals surface area (Å²) in [6.45, 7) is -0.382. The van der Waals surface area contributed by atoms with Crippen molar-refractivity contribution in [2.45, 2.75) is 36.5 Å². The molecule has 2 N–H and O–H groups in total. The van der Waals surface area contributed by atoms with Gasteiger partial charge < -0.3 is 29.6 Å². The molecule has 10 heteroatoms. The summed E-state index contributed by atoms with van der Waals surface area (Å²) in [5, 5.41) is 9.28. The number of methoxy groups -OCH3 is 4. The van der Waals surface area contributed by atoms with Gasteiger partial charge in [0, 0.05) is 57.1 Å². The normalized spacial score (nSPS) is 19.5. The molecule has 4 aliphatic carbocycles. The van der Waals surface area contributed by atoms with Gasteiger partial charge in [0.2, 0.25) is 0 Å². The van der Waals surface area contributed by atoms with Gasteiger partial charge in [0.25, 0.3) is 11.8 Å². The van der Waals surface area contributed by atoms with Gasteiger partial charge in [0.05, 0.1) is 28.4 Å². The first-order valence-electron chi connectivity index (χ1n) is 17.4. The Balaban J connectivity index is 1.10. The van der Waals surface area contributed by atoms with Crippen molar-refractivity contribution in [2.24, 2.45) is 0 Å². The Morgan fingerprint density at radius 3 is 1.19 bits per heavy atom. The van der Waals surface area contributed by atoms with Crippen LogP contribution in [0, 0.1) is 0 Å². The maximum atomic E-state index is 12.8. The highest BCUT2D eigenvalue weighted by molar-refractivity contribution is 6.01. The van der Waals surface area contributed by atoms with Crippen LogP contribution in [-0.2, 0) is 19.1 Å². The van der Waals surface area contributed by atoms with Crippen molar-refractivity contribution >= 4 is 45.3 Å². The molecular formula is C42H36N2O8. The number of hydrogen-bond donors (Lipinski definition) is 2. The van der Waals surface area contributed by atoms with Gasteiger partial charge in [-0.05, 0) is 80.9 Å². The quantitative estimate of drug-likeness (QED) is 0.196. The van der Waals surface area contributed by atoms with Crippen molar-refractivity contribution < 1.29 is 38.1 Å². The zero-order valence-electron chi connectivity index (χ0n) is 29.2. The smallest absolute Gasteiger partial charge is 0.325 e. The van der Waals surface area contributed by atoms with Crippen molar-refractivity contribution in [3.8, 4) is 11.5 Å². The molecule has 4 atom stereocenters. The van der Waals surface area contributed by atoms with E-state index in [1.54, 1.807) is 26.4 Å². The van der Waals surface area contributed by atoms with Crippen molar-refractivity contribution in [1.29, 1.82) is 0 Å². The average Bonchev–Trinajstić information content (AvgIpc) is 3.94. The predicted octanol–water partition coefficient (Wildman–Crippen LogP) is 5.78. The fourth-order valence-electron chi connectivity index (χ4n) is 9.48. The second-order valence-electron chi connectivity index (χ2n) is 14.0. The van der Waals surface area contributed by atoms with Crippen LogP contribution in [0.25, 0.3) is 21.5 Å². The number of fused-ring (bicyclic) bond motifs is 18. The summed E-state index contributed by atoms with van der Waals surface area (Å²) in [5.41, 5.74) is 10.9. The highest BCUT2D eigenvalue weighted by Gasteiger charge is 2.53. The molecular weight excluding hydrogens is 660 g/mol. The molecule has 0 fully saturated rings. The van der Waals surface area contributed by atoms with E-state index in [0.717, 1.165) is 45.9 Å². The monoisotopic (exact) mass is 696 g/mol. The highest BCUT2D eigenvalue weighted by atomic mass is 16.5. The van der Waals surface area contributed by atoms with Gasteiger partial charge in [-0.3, -0.25) is 19.2 Å². The average molecular weight is 697 g/mol. The Morgan fingerprint density at radius 1 is 0.519 bits per heavy atom. The lowest BCUT2D eigenvalue weighted by molar-refractivity contribution is -0.140. The van der Waals surface area contributed by atoms with Gasteiger partial charge in [0.1, 0.15) is 24.6 Å². The molecule has 5 aromatic carbocycles. The van der Waals surface area contributed by atoms with E-state index < -0.39 is 11.9 Å². The van der Waals surface area contributed by atoms with Crippen LogP contribution < -0.4 is 20.1 Å². The largest absolute Gasteiger partial charge is 0.496 e. The van der Waals surface area contributed by atoms with Crippen LogP contribution in [0.4, 0.5) is 0 Å². The van der Waals surface area contributed by atoms with Gasteiger partial charge in [-0.2, -0.15) is 0 Å². The summed E-state index contributed by atoms with van der Waals surface area (Å²) in [6.07, 6.45) is 1.85. The molecule has 52 heavy (non-hydrogen) atoms. The first-order valence-corrected chi connectivity index (χ1v) is 17.4. The second kappa shape index (κ2) is 11.8. The Hall–Kier alpha value is -5.90. The molecule has 0 heterocycles. The molecule has 0 spiro atoms. The zero-order chi connectivity index (χ0) is 36.0. The molecule has 0 radical (unpaired) electrons. The summed E-state index contributed by atoms with van der Waals surface area (Å²) in [6, 6.07) is 20.2. The molecule has 0 saturated heterocycles. The van der Waals surface area contributed by atoms with E-state index in [-0.39, 0.29) is 48.6 Å². The number of carbonyl (C=O) groups excluding carboxylic acids is 4. The van der Waals surface area contributed by atoms with Gasteiger partial charge in [-0.15, -0.1) is 0 Å². The van der Waals surface area contributed by atoms with Crippen LogP contribution in [0.1, 0.15) is 102 Å². The number of rotatable bonds is 8. The first-order chi connectivity index (χ1) is 25.2. The fourth-order valence-corrected chi connectivity index (χ4v) is 9.48. The lowest BCUT2D eigenvalue weighted by Crippen LogP contribution is -2.30. The molecule has 262 valence electrons. The third-order valence-corrected chi connectivity index (χ3v) is 11.7. The molecule has 4 bridgehead atoms. The van der Waals surface area contributed by atoms with Crippen molar-refractivity contribution in [1.82, 2.24) is 10.6 Å². The maximum absolute atomic E-state index is 12.8. The SMILES string of the molecule is COC(=O)CNC(=O)c1ccc2cc3c(cc2c1)[C@H]1C[C@@H]3c2c(OC)c3c(c(OC)c21)[C@H]1C[C@@H]3c2cc3ccc(C(=O)NCC(=O)OC)cc3cc21. The summed E-state index contributed by atoms with van der Waals surface area (Å²) >= 11 is 0. The Morgan fingerprint density at radius 2 is 0.865 bits per heavy atom. The minimum absolute atomic E-state index is 0.117. The minimum atomic E-state index is -0.505. The van der Waals surface area contributed by atoms with E-state index in [4.69, 9.17) is 9.47 Å². The third kappa shape index (κ3) is 4.56. The third-order valence-electron chi connectivity index (χ3n) is 11.7. The van der Waals surface area contributed by atoms with E-state index >= 15 is 0 Å². The van der Waals surface area contributed by atoms with Crippen LogP contribution in [0.15, 0.2) is 60.7 Å². The molecule has 0 aromatic heterocycles. The molecule has 0 unspecified atom stereocenters. The van der Waals surface area contributed by atoms with Gasteiger partial charge in [0.15, 0.2) is 0 Å². The molecule has 10 nitrogen and oxygen atoms in total. The number of nitrogens with one attached hydrogen (secondary N) is 2. The lowest BCUT2D eigenvalue weighted by atomic mass is 9.76. The summed E-state index contributed by atoms with van der Waals surface area (Å²) < 4.78 is 22.1. The van der Waals surface area contributed by atoms with Crippen LogP contribution in [-0.4, -0.2) is 65.3 Å². The molecule has 4 aliphatic rings. The number of benzene rings is 5.